The highest BCUT2D eigenvalue weighted by Crippen LogP contribution is 2.35. The van der Waals surface area contributed by atoms with Gasteiger partial charge in [-0.15, -0.1) is 0 Å². The molecular weight excluding hydrogens is 296 g/mol. The van der Waals surface area contributed by atoms with Crippen molar-refractivity contribution in [2.24, 2.45) is 0 Å². The summed E-state index contributed by atoms with van der Waals surface area (Å²) in [6.07, 6.45) is 1.02. The molecule has 0 aliphatic carbocycles. The van der Waals surface area contributed by atoms with E-state index in [4.69, 9.17) is 0 Å². The first-order valence-electron chi connectivity index (χ1n) is 6.76. The van der Waals surface area contributed by atoms with E-state index in [0.29, 0.717) is 4.83 Å². The largest absolute Gasteiger partial charge is 0.0835 e. The summed E-state index contributed by atoms with van der Waals surface area (Å²) in [6, 6.07) is 19.4. The summed E-state index contributed by atoms with van der Waals surface area (Å²) < 4.78 is 0. The molecule has 19 heavy (non-hydrogen) atoms. The van der Waals surface area contributed by atoms with E-state index in [0.717, 1.165) is 6.42 Å². The topological polar surface area (TPSA) is 0 Å². The van der Waals surface area contributed by atoms with Gasteiger partial charge in [-0.05, 0) is 28.5 Å². The molecule has 0 nitrogen and oxygen atoms in total. The molecule has 0 bridgehead atoms. The zero-order valence-electron chi connectivity index (χ0n) is 11.9. The van der Waals surface area contributed by atoms with Gasteiger partial charge in [-0.25, -0.2) is 0 Å². The van der Waals surface area contributed by atoms with Crippen molar-refractivity contribution in [3.05, 3.63) is 71.3 Å². The molecule has 0 saturated carbocycles. The maximum Gasteiger partial charge on any atom is 0.0438 e. The van der Waals surface area contributed by atoms with Crippen LogP contribution in [0.3, 0.4) is 0 Å². The fourth-order valence-electron chi connectivity index (χ4n) is 2.38. The summed E-state index contributed by atoms with van der Waals surface area (Å²) in [7, 11) is 0. The zero-order chi connectivity index (χ0) is 13.9. The number of alkyl halides is 1. The van der Waals surface area contributed by atoms with Gasteiger partial charge in [0.25, 0.3) is 0 Å². The van der Waals surface area contributed by atoms with E-state index in [9.17, 15) is 0 Å². The van der Waals surface area contributed by atoms with Gasteiger partial charge in [-0.1, -0.05) is 91.3 Å². The van der Waals surface area contributed by atoms with Crippen LogP contribution < -0.4 is 0 Å². The highest BCUT2D eigenvalue weighted by atomic mass is 79.9. The SMILES string of the molecule is CC(C)(C)c1ccccc1C(Br)Cc1ccccc1. The molecule has 1 heteroatoms. The second kappa shape index (κ2) is 5.92. The molecule has 2 aromatic rings. The Morgan fingerprint density at radius 1 is 0.895 bits per heavy atom. The van der Waals surface area contributed by atoms with Crippen molar-refractivity contribution in [1.82, 2.24) is 0 Å². The van der Waals surface area contributed by atoms with Crippen LogP contribution >= 0.6 is 15.9 Å². The van der Waals surface area contributed by atoms with Gasteiger partial charge in [0, 0.05) is 4.83 Å². The molecule has 0 saturated heterocycles. The number of hydrogen-bond acceptors (Lipinski definition) is 0. The van der Waals surface area contributed by atoms with Crippen molar-refractivity contribution in [1.29, 1.82) is 0 Å². The van der Waals surface area contributed by atoms with Crippen LogP contribution in [0.15, 0.2) is 54.6 Å². The van der Waals surface area contributed by atoms with Crippen LogP contribution in [-0.4, -0.2) is 0 Å². The van der Waals surface area contributed by atoms with Gasteiger partial charge in [0.05, 0.1) is 0 Å². The minimum absolute atomic E-state index is 0.180. The Labute approximate surface area is 125 Å². The van der Waals surface area contributed by atoms with Crippen molar-refractivity contribution in [3.8, 4) is 0 Å². The lowest BCUT2D eigenvalue weighted by Crippen LogP contribution is -2.15. The molecule has 0 N–H and O–H groups in total. The number of halogens is 1. The Kier molecular flexibility index (Phi) is 4.46. The van der Waals surface area contributed by atoms with Gasteiger partial charge < -0.3 is 0 Å². The highest BCUT2D eigenvalue weighted by Gasteiger charge is 2.21. The number of rotatable bonds is 3. The van der Waals surface area contributed by atoms with Crippen LogP contribution in [0.4, 0.5) is 0 Å². The average Bonchev–Trinajstić information content (AvgIpc) is 2.39. The normalized spacial score (nSPS) is 13.3. The summed E-state index contributed by atoms with van der Waals surface area (Å²) in [4.78, 5) is 0.366. The van der Waals surface area contributed by atoms with E-state index in [-0.39, 0.29) is 5.41 Å². The van der Waals surface area contributed by atoms with Gasteiger partial charge in [-0.2, -0.15) is 0 Å². The first-order chi connectivity index (χ1) is 8.98. The minimum Gasteiger partial charge on any atom is -0.0835 e. The Balaban J connectivity index is 2.27. The monoisotopic (exact) mass is 316 g/mol. The maximum atomic E-state index is 3.87. The number of benzene rings is 2. The lowest BCUT2D eigenvalue weighted by Gasteiger charge is -2.25. The molecule has 0 fully saturated rings. The number of hydrogen-bond donors (Lipinski definition) is 0. The minimum atomic E-state index is 0.180. The van der Waals surface area contributed by atoms with Crippen molar-refractivity contribution >= 4 is 15.9 Å². The van der Waals surface area contributed by atoms with Gasteiger partial charge in [-0.3, -0.25) is 0 Å². The van der Waals surface area contributed by atoms with E-state index in [2.05, 4.69) is 91.3 Å². The van der Waals surface area contributed by atoms with E-state index in [1.54, 1.807) is 0 Å². The fourth-order valence-corrected chi connectivity index (χ4v) is 3.16. The Bertz CT molecular complexity index is 523. The van der Waals surface area contributed by atoms with Gasteiger partial charge >= 0.3 is 0 Å². The first kappa shape index (κ1) is 14.3. The van der Waals surface area contributed by atoms with Gasteiger partial charge in [0.15, 0.2) is 0 Å². The standard InChI is InChI=1S/C18H21Br/c1-18(2,3)16-12-8-7-11-15(16)17(19)13-14-9-5-4-6-10-14/h4-12,17H,13H2,1-3H3. The summed E-state index contributed by atoms with van der Waals surface area (Å²) in [5.41, 5.74) is 4.37. The lowest BCUT2D eigenvalue weighted by atomic mass is 9.82. The first-order valence-corrected chi connectivity index (χ1v) is 7.67. The molecule has 1 atom stereocenters. The van der Waals surface area contributed by atoms with Crippen LogP contribution in [-0.2, 0) is 11.8 Å². The van der Waals surface area contributed by atoms with Crippen molar-refractivity contribution < 1.29 is 0 Å². The molecule has 0 amide bonds. The third-order valence-electron chi connectivity index (χ3n) is 3.36. The third-order valence-corrected chi connectivity index (χ3v) is 4.18. The van der Waals surface area contributed by atoms with Crippen LogP contribution in [0.25, 0.3) is 0 Å². The molecule has 2 rings (SSSR count). The molecule has 100 valence electrons. The van der Waals surface area contributed by atoms with E-state index < -0.39 is 0 Å². The van der Waals surface area contributed by atoms with E-state index >= 15 is 0 Å². The van der Waals surface area contributed by atoms with E-state index in [1.165, 1.54) is 16.7 Å². The zero-order valence-corrected chi connectivity index (χ0v) is 13.4. The molecule has 0 heterocycles. The maximum absolute atomic E-state index is 3.87. The fraction of sp³-hybridized carbons (Fsp3) is 0.333. The van der Waals surface area contributed by atoms with Crippen molar-refractivity contribution in [2.75, 3.05) is 0 Å². The summed E-state index contributed by atoms with van der Waals surface area (Å²) in [5.74, 6) is 0. The molecule has 0 aliphatic heterocycles. The summed E-state index contributed by atoms with van der Waals surface area (Å²) in [6.45, 7) is 6.82. The smallest absolute Gasteiger partial charge is 0.0438 e. The molecule has 0 radical (unpaired) electrons. The molecule has 1 unspecified atom stereocenters. The molecule has 0 aromatic heterocycles. The molecule has 0 aliphatic rings. The van der Waals surface area contributed by atoms with Crippen LogP contribution in [0, 0.1) is 0 Å². The van der Waals surface area contributed by atoms with Crippen LogP contribution in [0.2, 0.25) is 0 Å². The quantitative estimate of drug-likeness (QED) is 0.641. The second-order valence-electron chi connectivity index (χ2n) is 5.99. The average molecular weight is 317 g/mol. The van der Waals surface area contributed by atoms with Crippen molar-refractivity contribution in [3.63, 3.8) is 0 Å². The van der Waals surface area contributed by atoms with Gasteiger partial charge in [0.2, 0.25) is 0 Å². The highest BCUT2D eigenvalue weighted by molar-refractivity contribution is 9.09. The van der Waals surface area contributed by atoms with Crippen molar-refractivity contribution in [2.45, 2.75) is 37.4 Å². The Morgan fingerprint density at radius 2 is 1.47 bits per heavy atom. The predicted molar refractivity (Wildman–Crippen MR) is 87.0 cm³/mol. The summed E-state index contributed by atoms with van der Waals surface area (Å²) >= 11 is 3.87. The van der Waals surface area contributed by atoms with Crippen LogP contribution in [0.1, 0.15) is 42.3 Å². The van der Waals surface area contributed by atoms with E-state index in [1.807, 2.05) is 0 Å². The Hall–Kier alpha value is -1.08. The third kappa shape index (κ3) is 3.70. The van der Waals surface area contributed by atoms with Crippen LogP contribution in [0.5, 0.6) is 0 Å². The molecule has 2 aromatic carbocycles. The predicted octanol–water partition coefficient (Wildman–Crippen LogP) is 5.66. The second-order valence-corrected chi connectivity index (χ2v) is 7.10. The summed E-state index contributed by atoms with van der Waals surface area (Å²) in [5, 5.41) is 0. The Morgan fingerprint density at radius 3 is 2.11 bits per heavy atom. The lowest BCUT2D eigenvalue weighted by molar-refractivity contribution is 0.581. The molecular formula is C18H21Br. The van der Waals surface area contributed by atoms with Gasteiger partial charge in [0.1, 0.15) is 0 Å². The molecule has 0 spiro atoms.